The van der Waals surface area contributed by atoms with Gasteiger partial charge in [0.05, 0.1) is 37.9 Å². The van der Waals surface area contributed by atoms with Crippen LogP contribution in [0.4, 0.5) is 21.6 Å². The van der Waals surface area contributed by atoms with E-state index in [-0.39, 0.29) is 56.2 Å². The molecule has 0 bridgehead atoms. The van der Waals surface area contributed by atoms with Crippen LogP contribution in [-0.2, 0) is 16.4 Å². The summed E-state index contributed by atoms with van der Waals surface area (Å²) in [6, 6.07) is 23.3. The van der Waals surface area contributed by atoms with Gasteiger partial charge in [0.2, 0.25) is 0 Å². The Labute approximate surface area is 456 Å². The predicted octanol–water partition coefficient (Wildman–Crippen LogP) is 10.8. The van der Waals surface area contributed by atoms with E-state index in [2.05, 4.69) is 92.0 Å². The molecule has 4 aromatic heterocycles. The molecule has 414 valence electrons. The van der Waals surface area contributed by atoms with Crippen molar-refractivity contribution in [2.45, 2.75) is 109 Å². The molecule has 10 rings (SSSR count). The summed E-state index contributed by atoms with van der Waals surface area (Å²) >= 11 is 0. The van der Waals surface area contributed by atoms with E-state index in [1.807, 2.05) is 13.0 Å². The highest BCUT2D eigenvalue weighted by atomic mass is 32.2. The lowest BCUT2D eigenvalue weighted by molar-refractivity contribution is -0.751. The third-order valence-electron chi connectivity index (χ3n) is 16.4. The van der Waals surface area contributed by atoms with Gasteiger partial charge in [-0.3, -0.25) is 9.69 Å². The standard InChI is InChI=1S/C60H73FN8O8S/c1-8-75-60-55(32-49-50(61)35-64-57(49)65-60)77-54-30-42(19-20-46(54)59(70)66-78(72,73)43-31-52(67(6)71)58(63-34-43)62-33-39-15-13-37(4)14-16-39)68-23-25-69(26-24-68)51-21-17-40(29-48(51)45-12-10-9-11-44(45)36(2)3)28-41-18-22-53(74-7)56-47(41)27-38(5)76-56/h9-12,18-20,22,27,30-32,34-37,39-40,48,51,67H,8,13-17,21,23-26,28-29,33H2,1-7H3,(H,62,63)(H,64,65)(H,66,70)/t37-,39+,40?,48?,51?. The molecule has 1 aliphatic heterocycles. The van der Waals surface area contributed by atoms with Crippen LogP contribution in [0.2, 0.25) is 0 Å². The van der Waals surface area contributed by atoms with Crippen LogP contribution >= 0.6 is 0 Å². The Bertz CT molecular complexity index is 3380. The van der Waals surface area contributed by atoms with Gasteiger partial charge in [0.25, 0.3) is 21.8 Å². The van der Waals surface area contributed by atoms with Crippen LogP contribution in [0.3, 0.4) is 0 Å². The molecule has 4 atom stereocenters. The van der Waals surface area contributed by atoms with E-state index in [0.717, 1.165) is 98.8 Å². The molecule has 5 heterocycles. The quantitative estimate of drug-likeness (QED) is 0.0594. The molecule has 3 aromatic carbocycles. The zero-order chi connectivity index (χ0) is 54.8. The van der Waals surface area contributed by atoms with Crippen molar-refractivity contribution in [3.05, 3.63) is 124 Å². The molecule has 3 aliphatic rings. The highest BCUT2D eigenvalue weighted by molar-refractivity contribution is 7.90. The zero-order valence-electron chi connectivity index (χ0n) is 45.8. The fourth-order valence-electron chi connectivity index (χ4n) is 12.2. The first kappa shape index (κ1) is 54.6. The smallest absolute Gasteiger partial charge is 0.268 e. The Hall–Kier alpha value is -6.73. The van der Waals surface area contributed by atoms with Crippen molar-refractivity contribution in [2.75, 3.05) is 63.7 Å². The summed E-state index contributed by atoms with van der Waals surface area (Å²) in [5, 5.41) is 17.1. The number of rotatable bonds is 18. The topological polar surface area (TPSA) is 192 Å². The van der Waals surface area contributed by atoms with Crippen LogP contribution in [0, 0.1) is 35.7 Å². The number of H-pyrrole nitrogens is 1. The number of carbonyl (C=O) groups is 1. The number of aromatic nitrogens is 3. The second-order valence-electron chi connectivity index (χ2n) is 22.0. The molecule has 2 aliphatic carbocycles. The van der Waals surface area contributed by atoms with Crippen molar-refractivity contribution >= 4 is 55.1 Å². The van der Waals surface area contributed by atoms with E-state index in [0.29, 0.717) is 61.1 Å². The number of pyridine rings is 2. The van der Waals surface area contributed by atoms with Gasteiger partial charge in [-0.05, 0) is 117 Å². The Morgan fingerprint density at radius 2 is 1.72 bits per heavy atom. The zero-order valence-corrected chi connectivity index (χ0v) is 46.6. The third kappa shape index (κ3) is 11.7. The van der Waals surface area contributed by atoms with Crippen LogP contribution in [0.5, 0.6) is 23.1 Å². The van der Waals surface area contributed by atoms with Gasteiger partial charge in [-0.15, -0.1) is 0 Å². The summed E-state index contributed by atoms with van der Waals surface area (Å²) in [5.74, 6) is 2.70. The van der Waals surface area contributed by atoms with Crippen LogP contribution in [0.25, 0.3) is 22.0 Å². The number of carbonyl (C=O) groups excluding carboxylic acids is 1. The van der Waals surface area contributed by atoms with Gasteiger partial charge in [-0.2, -0.15) is 4.98 Å². The number of hydroxylamine groups is 1. The first-order valence-electron chi connectivity index (χ1n) is 27.6. The predicted molar refractivity (Wildman–Crippen MR) is 302 cm³/mol. The van der Waals surface area contributed by atoms with Crippen LogP contribution < -0.4 is 34.2 Å². The number of hydrogen-bond acceptors (Lipinski definition) is 13. The summed E-state index contributed by atoms with van der Waals surface area (Å²) in [5.41, 5.74) is 5.87. The normalized spacial score (nSPS) is 20.7. The van der Waals surface area contributed by atoms with Gasteiger partial charge < -0.3 is 44.1 Å². The van der Waals surface area contributed by atoms with E-state index in [1.165, 1.54) is 48.1 Å². The van der Waals surface area contributed by atoms with E-state index in [4.69, 9.17) is 18.6 Å². The van der Waals surface area contributed by atoms with Crippen molar-refractivity contribution in [3.8, 4) is 23.1 Å². The number of hydrogen-bond donors (Lipinski definition) is 4. The number of piperazine rings is 1. The minimum Gasteiger partial charge on any atom is -0.629 e. The van der Waals surface area contributed by atoms with E-state index >= 15 is 4.39 Å². The average molecular weight is 1090 g/mol. The van der Waals surface area contributed by atoms with Gasteiger partial charge >= 0.3 is 0 Å². The van der Waals surface area contributed by atoms with Crippen molar-refractivity contribution in [1.29, 1.82) is 0 Å². The average Bonchev–Trinajstić information content (AvgIpc) is 4.13. The fourth-order valence-corrected chi connectivity index (χ4v) is 13.2. The number of aryl methyl sites for hydroxylation is 1. The summed E-state index contributed by atoms with van der Waals surface area (Å²) in [7, 11) is -1.54. The molecular weight excluding hydrogens is 1010 g/mol. The maximum atomic E-state index is 15.1. The van der Waals surface area contributed by atoms with Gasteiger partial charge in [-0.1, -0.05) is 63.9 Å². The molecule has 0 spiro atoms. The minimum absolute atomic E-state index is 0.00303. The van der Waals surface area contributed by atoms with Crippen molar-refractivity contribution in [2.24, 2.45) is 17.8 Å². The Balaban J connectivity index is 0.904. The van der Waals surface area contributed by atoms with E-state index in [1.54, 1.807) is 26.2 Å². The summed E-state index contributed by atoms with van der Waals surface area (Å²) in [6.07, 6.45) is 10.9. The van der Waals surface area contributed by atoms with Gasteiger partial charge in [0.15, 0.2) is 28.6 Å². The van der Waals surface area contributed by atoms with Crippen LogP contribution in [0.15, 0.2) is 94.5 Å². The number of fused-ring (bicyclic) bond motifs is 2. The Morgan fingerprint density at radius 1 is 0.949 bits per heavy atom. The van der Waals surface area contributed by atoms with Crippen molar-refractivity contribution in [1.82, 2.24) is 24.6 Å². The lowest BCUT2D eigenvalue weighted by Crippen LogP contribution is -2.98. The number of anilines is 2. The number of halogens is 1. The number of nitrogens with zero attached hydrogens (tertiary/aromatic N) is 4. The molecule has 1 saturated heterocycles. The van der Waals surface area contributed by atoms with Crippen LogP contribution in [-0.4, -0.2) is 93.7 Å². The molecule has 2 saturated carbocycles. The lowest BCUT2D eigenvalue weighted by Gasteiger charge is -2.47. The van der Waals surface area contributed by atoms with Crippen molar-refractivity contribution in [3.63, 3.8) is 0 Å². The number of nitrogens with one attached hydrogen (secondary N) is 4. The second-order valence-corrected chi connectivity index (χ2v) is 23.7. The first-order valence-corrected chi connectivity index (χ1v) is 29.1. The van der Waals surface area contributed by atoms with Crippen LogP contribution in [0.1, 0.15) is 117 Å². The molecule has 4 N–H and O–H groups in total. The van der Waals surface area contributed by atoms with Crippen molar-refractivity contribution < 1.29 is 41.3 Å². The SMILES string of the molecule is CCOc1nc2[nH]cc(F)c2cc1Oc1cc(N2CCN(C3CCC(Cc4ccc(OC)c5oc(C)cc45)CC3c3ccccc3C(C)C)CC2)ccc1C(=O)NS(=O)(=O)c1cnc(NC[C@H]2CC[C@@H](C)CC2)c([NH+](C)[O-])c1. The Morgan fingerprint density at radius 3 is 2.46 bits per heavy atom. The molecule has 7 aromatic rings. The second kappa shape index (κ2) is 23.3. The van der Waals surface area contributed by atoms with E-state index < -0.39 is 21.7 Å². The molecule has 4 unspecified atom stereocenters. The summed E-state index contributed by atoms with van der Waals surface area (Å²) in [6.45, 7) is 14.3. The first-order chi connectivity index (χ1) is 37.6. The summed E-state index contributed by atoms with van der Waals surface area (Å²) < 4.78 is 69.6. The fraction of sp³-hybridized carbons (Fsp3) is 0.450. The maximum Gasteiger partial charge on any atom is 0.268 e. The highest BCUT2D eigenvalue weighted by Crippen LogP contribution is 2.45. The number of amides is 1. The number of ether oxygens (including phenoxy) is 3. The van der Waals surface area contributed by atoms with E-state index in [9.17, 15) is 18.4 Å². The lowest BCUT2D eigenvalue weighted by atomic mass is 9.70. The third-order valence-corrected chi connectivity index (χ3v) is 17.7. The number of methoxy groups -OCH3 is 1. The molecular formula is C60H73FN8O8S. The van der Waals surface area contributed by atoms with Gasteiger partial charge in [0.1, 0.15) is 27.9 Å². The number of furan rings is 1. The number of quaternary nitrogens is 1. The monoisotopic (exact) mass is 1080 g/mol. The van der Waals surface area contributed by atoms with Gasteiger partial charge in [0, 0.05) is 80.2 Å². The molecule has 1 amide bonds. The number of sulfonamides is 1. The molecule has 18 heteroatoms. The minimum atomic E-state index is -4.58. The molecule has 0 radical (unpaired) electrons. The highest BCUT2D eigenvalue weighted by Gasteiger charge is 2.38. The maximum absolute atomic E-state index is 15.1. The molecule has 16 nitrogen and oxygen atoms in total. The molecule has 3 fully saturated rings. The number of benzene rings is 3. The summed E-state index contributed by atoms with van der Waals surface area (Å²) in [4.78, 5) is 30.6. The largest absolute Gasteiger partial charge is 0.629 e. The Kier molecular flexibility index (Phi) is 16.3. The molecule has 78 heavy (non-hydrogen) atoms. The number of aromatic amines is 1. The van der Waals surface area contributed by atoms with Gasteiger partial charge in [-0.25, -0.2) is 22.5 Å².